The van der Waals surface area contributed by atoms with Crippen LogP contribution < -0.4 is 0 Å². The Labute approximate surface area is 129 Å². The number of aromatic nitrogens is 1. The van der Waals surface area contributed by atoms with Crippen molar-refractivity contribution >= 4 is 23.3 Å². The number of hydrogen-bond donors (Lipinski definition) is 1. The fourth-order valence-electron chi connectivity index (χ4n) is 2.48. The van der Waals surface area contributed by atoms with Crippen LogP contribution in [0.25, 0.3) is 0 Å². The lowest BCUT2D eigenvalue weighted by Crippen LogP contribution is -2.15. The van der Waals surface area contributed by atoms with Crippen LogP contribution in [0.5, 0.6) is 0 Å². The molecule has 21 heavy (non-hydrogen) atoms. The topological polar surface area (TPSA) is 49.9 Å². The van der Waals surface area contributed by atoms with E-state index in [9.17, 15) is 9.59 Å². The molecule has 1 heterocycles. The molecule has 0 radical (unpaired) electrons. The molecule has 1 atom stereocenters. The van der Waals surface area contributed by atoms with Crippen molar-refractivity contribution in [3.63, 3.8) is 0 Å². The molecule has 0 aliphatic heterocycles. The summed E-state index contributed by atoms with van der Waals surface area (Å²) in [6, 6.07) is 9.84. The minimum absolute atomic E-state index is 0.0105. The molecule has 0 aliphatic carbocycles. The van der Waals surface area contributed by atoms with Gasteiger partial charge >= 0.3 is 0 Å². The number of aryl methyl sites for hydroxylation is 1. The van der Waals surface area contributed by atoms with Gasteiger partial charge in [0.05, 0.1) is 10.9 Å². The van der Waals surface area contributed by atoms with Crippen molar-refractivity contribution in [3.05, 3.63) is 52.8 Å². The fraction of sp³-hybridized carbons (Fsp3) is 0.294. The molecule has 0 fully saturated rings. The van der Waals surface area contributed by atoms with Crippen molar-refractivity contribution in [3.8, 4) is 0 Å². The molecule has 3 nitrogen and oxygen atoms in total. The maximum atomic E-state index is 12.6. The molecule has 1 aromatic carbocycles. The summed E-state index contributed by atoms with van der Waals surface area (Å²) in [6.07, 6.45) is 0. The van der Waals surface area contributed by atoms with E-state index in [1.54, 1.807) is 0 Å². The summed E-state index contributed by atoms with van der Waals surface area (Å²) < 4.78 is 0. The first-order valence-electron chi connectivity index (χ1n) is 6.87. The van der Waals surface area contributed by atoms with Gasteiger partial charge in [0.1, 0.15) is 0 Å². The molecule has 0 aliphatic rings. The Morgan fingerprint density at radius 1 is 1.14 bits per heavy atom. The first kappa shape index (κ1) is 15.6. The molecule has 0 amide bonds. The Kier molecular flexibility index (Phi) is 4.68. The van der Waals surface area contributed by atoms with Gasteiger partial charge in [-0.2, -0.15) is 0 Å². The third-order valence-corrected chi connectivity index (χ3v) is 4.57. The zero-order valence-electron chi connectivity index (χ0n) is 12.7. The molecule has 2 aromatic rings. The highest BCUT2D eigenvalue weighted by atomic mass is 32.2. The van der Waals surface area contributed by atoms with E-state index >= 15 is 0 Å². The predicted molar refractivity (Wildman–Crippen MR) is 86.4 cm³/mol. The van der Waals surface area contributed by atoms with Gasteiger partial charge in [0.15, 0.2) is 11.6 Å². The second-order valence-electron chi connectivity index (χ2n) is 5.12. The fourth-order valence-corrected chi connectivity index (χ4v) is 3.43. The number of ketones is 2. The zero-order chi connectivity index (χ0) is 15.6. The van der Waals surface area contributed by atoms with Gasteiger partial charge in [-0.1, -0.05) is 18.2 Å². The van der Waals surface area contributed by atoms with Crippen molar-refractivity contribution in [2.75, 3.05) is 0 Å². The van der Waals surface area contributed by atoms with Crippen molar-refractivity contribution in [1.29, 1.82) is 0 Å². The van der Waals surface area contributed by atoms with Crippen LogP contribution in [0, 0.1) is 13.8 Å². The summed E-state index contributed by atoms with van der Waals surface area (Å²) in [5.74, 6) is 0.0145. The third-order valence-electron chi connectivity index (χ3n) is 3.46. The van der Waals surface area contributed by atoms with Crippen LogP contribution in [0.2, 0.25) is 0 Å². The number of nitrogens with one attached hydrogen (secondary N) is 1. The van der Waals surface area contributed by atoms with Gasteiger partial charge in [-0.25, -0.2) is 0 Å². The Hall–Kier alpha value is -1.81. The summed E-state index contributed by atoms with van der Waals surface area (Å²) in [4.78, 5) is 28.4. The molecule has 110 valence electrons. The summed E-state index contributed by atoms with van der Waals surface area (Å²) in [5.41, 5.74) is 2.70. The number of Topliss-reactive ketones (excluding diaryl/α,β-unsaturated/α-hetero) is 2. The molecule has 0 saturated carbocycles. The van der Waals surface area contributed by atoms with Gasteiger partial charge in [0.25, 0.3) is 0 Å². The molecule has 1 N–H and O–H groups in total. The summed E-state index contributed by atoms with van der Waals surface area (Å²) in [5, 5.41) is -0.205. The van der Waals surface area contributed by atoms with Crippen LogP contribution in [0.3, 0.4) is 0 Å². The Bertz CT molecular complexity index is 674. The van der Waals surface area contributed by atoms with Gasteiger partial charge < -0.3 is 4.98 Å². The molecule has 4 heteroatoms. The Morgan fingerprint density at radius 3 is 2.29 bits per heavy atom. The minimum Gasteiger partial charge on any atom is -0.355 e. The van der Waals surface area contributed by atoms with E-state index in [1.807, 2.05) is 51.1 Å². The van der Waals surface area contributed by atoms with E-state index in [0.29, 0.717) is 11.3 Å². The average Bonchev–Trinajstić information content (AvgIpc) is 2.74. The van der Waals surface area contributed by atoms with Crippen molar-refractivity contribution in [2.45, 2.75) is 37.8 Å². The molecule has 0 spiro atoms. The van der Waals surface area contributed by atoms with Gasteiger partial charge in [0, 0.05) is 16.2 Å². The number of hydrogen-bond acceptors (Lipinski definition) is 3. The number of carbonyl (C=O) groups excluding carboxylic acids is 2. The van der Waals surface area contributed by atoms with E-state index in [2.05, 4.69) is 4.98 Å². The number of rotatable bonds is 5. The van der Waals surface area contributed by atoms with Crippen molar-refractivity contribution < 1.29 is 9.59 Å². The third kappa shape index (κ3) is 3.27. The van der Waals surface area contributed by atoms with Crippen molar-refractivity contribution in [2.24, 2.45) is 0 Å². The van der Waals surface area contributed by atoms with Gasteiger partial charge in [-0.3, -0.25) is 9.59 Å². The van der Waals surface area contributed by atoms with E-state index in [4.69, 9.17) is 0 Å². The second kappa shape index (κ2) is 6.31. The standard InChI is InChI=1S/C17H19NO2S/c1-10-15(12(3)19)11(2)18-16(10)17(20)13(4)21-14-8-6-5-7-9-14/h5-9,13,18H,1-4H3/t13-/m0/s1. The summed E-state index contributed by atoms with van der Waals surface area (Å²) in [6.45, 7) is 7.07. The number of H-pyrrole nitrogens is 1. The van der Waals surface area contributed by atoms with E-state index in [-0.39, 0.29) is 16.8 Å². The zero-order valence-corrected chi connectivity index (χ0v) is 13.5. The maximum Gasteiger partial charge on any atom is 0.192 e. The monoisotopic (exact) mass is 301 g/mol. The molecular formula is C17H19NO2S. The lowest BCUT2D eigenvalue weighted by atomic mass is 10.0. The highest BCUT2D eigenvalue weighted by Crippen LogP contribution is 2.27. The van der Waals surface area contributed by atoms with Crippen LogP contribution in [0.4, 0.5) is 0 Å². The van der Waals surface area contributed by atoms with Crippen LogP contribution >= 0.6 is 11.8 Å². The first-order chi connectivity index (χ1) is 9.91. The van der Waals surface area contributed by atoms with Crippen LogP contribution in [0.1, 0.15) is 46.0 Å². The largest absolute Gasteiger partial charge is 0.355 e. The van der Waals surface area contributed by atoms with Crippen LogP contribution in [0.15, 0.2) is 35.2 Å². The first-order valence-corrected chi connectivity index (χ1v) is 7.75. The molecule has 2 rings (SSSR count). The molecule has 0 saturated heterocycles. The highest BCUT2D eigenvalue weighted by molar-refractivity contribution is 8.00. The van der Waals surface area contributed by atoms with Crippen molar-refractivity contribution in [1.82, 2.24) is 4.98 Å². The Balaban J connectivity index is 2.24. The normalized spacial score (nSPS) is 12.2. The Morgan fingerprint density at radius 2 is 1.76 bits per heavy atom. The highest BCUT2D eigenvalue weighted by Gasteiger charge is 2.24. The molecule has 0 bridgehead atoms. The quantitative estimate of drug-likeness (QED) is 0.665. The van der Waals surface area contributed by atoms with Gasteiger partial charge in [0.2, 0.25) is 0 Å². The molecule has 0 unspecified atom stereocenters. The summed E-state index contributed by atoms with van der Waals surface area (Å²) in [7, 11) is 0. The van der Waals surface area contributed by atoms with Gasteiger partial charge in [-0.05, 0) is 45.4 Å². The number of carbonyl (C=O) groups is 2. The lowest BCUT2D eigenvalue weighted by Gasteiger charge is -2.10. The van der Waals surface area contributed by atoms with Gasteiger partial charge in [-0.15, -0.1) is 11.8 Å². The summed E-state index contributed by atoms with van der Waals surface area (Å²) >= 11 is 1.52. The lowest BCUT2D eigenvalue weighted by molar-refractivity contribution is 0.0988. The molecule has 1 aromatic heterocycles. The van der Waals surface area contributed by atoms with Crippen LogP contribution in [-0.4, -0.2) is 21.8 Å². The smallest absolute Gasteiger partial charge is 0.192 e. The number of benzene rings is 1. The number of thioether (sulfide) groups is 1. The van der Waals surface area contributed by atoms with Crippen LogP contribution in [-0.2, 0) is 0 Å². The maximum absolute atomic E-state index is 12.6. The predicted octanol–water partition coefficient (Wildman–Crippen LogP) is 4.20. The SMILES string of the molecule is CC(=O)c1c(C)[nH]c(C(=O)[C@H](C)Sc2ccccc2)c1C. The minimum atomic E-state index is -0.205. The average molecular weight is 301 g/mol. The second-order valence-corrected chi connectivity index (χ2v) is 6.53. The van der Waals surface area contributed by atoms with E-state index in [1.165, 1.54) is 18.7 Å². The number of aromatic amines is 1. The molecular weight excluding hydrogens is 282 g/mol. The van der Waals surface area contributed by atoms with E-state index < -0.39 is 0 Å². The van der Waals surface area contributed by atoms with E-state index in [0.717, 1.165) is 16.2 Å².